The van der Waals surface area contributed by atoms with Gasteiger partial charge in [-0.3, -0.25) is 4.90 Å². The van der Waals surface area contributed by atoms with E-state index in [0.717, 1.165) is 49.4 Å². The Hall–Kier alpha value is -3.00. The molecule has 0 spiro atoms. The Morgan fingerprint density at radius 2 is 1.81 bits per heavy atom. The minimum absolute atomic E-state index is 0.159. The van der Waals surface area contributed by atoms with Crippen LogP contribution in [0.4, 0.5) is 0 Å². The van der Waals surface area contributed by atoms with Gasteiger partial charge < -0.3 is 14.4 Å². The van der Waals surface area contributed by atoms with Crippen LogP contribution in [0.5, 0.6) is 5.75 Å². The first-order chi connectivity index (χ1) is 15.6. The number of nitrogens with zero attached hydrogens (tertiary/aromatic N) is 3. The van der Waals surface area contributed by atoms with Gasteiger partial charge in [0.1, 0.15) is 16.3 Å². The Morgan fingerprint density at radius 1 is 1.06 bits per heavy atom. The van der Waals surface area contributed by atoms with E-state index in [1.807, 2.05) is 41.8 Å². The second kappa shape index (κ2) is 8.86. The molecule has 7 heteroatoms. The van der Waals surface area contributed by atoms with Gasteiger partial charge in [0.25, 0.3) is 0 Å². The molecule has 1 aliphatic rings. The number of benzene rings is 2. The monoisotopic (exact) mass is 447 g/mol. The zero-order chi connectivity index (χ0) is 22.1. The van der Waals surface area contributed by atoms with Crippen LogP contribution in [0.15, 0.2) is 63.1 Å². The molecule has 0 amide bonds. The summed E-state index contributed by atoms with van der Waals surface area (Å²) in [6.45, 7) is 7.63. The molecule has 0 radical (unpaired) electrons. The maximum Gasteiger partial charge on any atom is 0.346 e. The molecule has 1 N–H and O–H groups in total. The zero-order valence-electron chi connectivity index (χ0n) is 18.0. The van der Waals surface area contributed by atoms with Crippen molar-refractivity contribution >= 4 is 22.3 Å². The van der Waals surface area contributed by atoms with Crippen LogP contribution >= 0.6 is 11.3 Å². The number of hydrogen-bond donors (Lipinski definition) is 1. The van der Waals surface area contributed by atoms with E-state index in [-0.39, 0.29) is 5.75 Å². The molecule has 0 aliphatic carbocycles. The van der Waals surface area contributed by atoms with Gasteiger partial charge in [0.2, 0.25) is 0 Å². The summed E-state index contributed by atoms with van der Waals surface area (Å²) < 4.78 is 5.77. The van der Waals surface area contributed by atoms with E-state index in [2.05, 4.69) is 21.7 Å². The molecule has 2 aromatic carbocycles. The highest BCUT2D eigenvalue weighted by Crippen LogP contribution is 2.32. The highest BCUT2D eigenvalue weighted by Gasteiger charge is 2.21. The van der Waals surface area contributed by atoms with E-state index >= 15 is 0 Å². The van der Waals surface area contributed by atoms with Gasteiger partial charge in [-0.25, -0.2) is 9.78 Å². The molecular formula is C25H25N3O3S. The summed E-state index contributed by atoms with van der Waals surface area (Å²) in [5.74, 6) is 0.159. The Bertz CT molecular complexity index is 1290. The first-order valence-corrected chi connectivity index (χ1v) is 11.7. The van der Waals surface area contributed by atoms with Crippen molar-refractivity contribution in [1.82, 2.24) is 14.8 Å². The molecular weight excluding hydrogens is 422 g/mol. The van der Waals surface area contributed by atoms with Crippen LogP contribution in [-0.2, 0) is 6.54 Å². The normalized spacial score (nSPS) is 15.4. The van der Waals surface area contributed by atoms with Crippen molar-refractivity contribution in [1.29, 1.82) is 0 Å². The quantitative estimate of drug-likeness (QED) is 0.457. The third-order valence-electron chi connectivity index (χ3n) is 6.08. The number of phenols is 1. The molecule has 3 heterocycles. The Labute approximate surface area is 190 Å². The van der Waals surface area contributed by atoms with Gasteiger partial charge in [0, 0.05) is 49.1 Å². The summed E-state index contributed by atoms with van der Waals surface area (Å²) in [7, 11) is 0. The minimum atomic E-state index is -0.436. The second-order valence-electron chi connectivity index (χ2n) is 8.04. The van der Waals surface area contributed by atoms with Crippen LogP contribution in [0.1, 0.15) is 12.5 Å². The lowest BCUT2D eigenvalue weighted by molar-refractivity contribution is 0.131. The van der Waals surface area contributed by atoms with Crippen molar-refractivity contribution in [3.8, 4) is 27.6 Å². The third kappa shape index (κ3) is 4.07. The first-order valence-electron chi connectivity index (χ1n) is 10.9. The predicted molar refractivity (Wildman–Crippen MR) is 128 cm³/mol. The fourth-order valence-electron chi connectivity index (χ4n) is 4.16. The van der Waals surface area contributed by atoms with Crippen LogP contribution in [-0.4, -0.2) is 52.6 Å². The standard InChI is InChI=1S/C25H25N3O3S/c1-2-27-10-12-28(13-11-27)15-20-22(29)9-8-18-14-19(25(30)31-23(18)20)24-26-21(16-32-24)17-6-4-3-5-7-17/h3-9,14,16,29H,2,10-13,15H2,1H3. The summed E-state index contributed by atoms with van der Waals surface area (Å²) in [4.78, 5) is 22.3. The van der Waals surface area contributed by atoms with Gasteiger partial charge in [-0.15, -0.1) is 11.3 Å². The number of thiazole rings is 1. The Morgan fingerprint density at radius 3 is 2.56 bits per heavy atom. The van der Waals surface area contributed by atoms with Crippen molar-refractivity contribution in [2.24, 2.45) is 0 Å². The number of likely N-dealkylation sites (N-methyl/N-ethyl adjacent to an activating group) is 1. The van der Waals surface area contributed by atoms with Crippen LogP contribution in [0, 0.1) is 0 Å². The molecule has 164 valence electrons. The summed E-state index contributed by atoms with van der Waals surface area (Å²) in [5.41, 5.74) is 2.97. The van der Waals surface area contributed by atoms with E-state index in [9.17, 15) is 9.90 Å². The van der Waals surface area contributed by atoms with Crippen LogP contribution in [0.25, 0.3) is 32.8 Å². The average Bonchev–Trinajstić information content (AvgIpc) is 3.32. The van der Waals surface area contributed by atoms with Crippen molar-refractivity contribution in [3.05, 3.63) is 69.9 Å². The second-order valence-corrected chi connectivity index (χ2v) is 8.90. The fraction of sp³-hybridized carbons (Fsp3) is 0.280. The number of aromatic nitrogens is 1. The van der Waals surface area contributed by atoms with E-state index in [0.29, 0.717) is 28.3 Å². The van der Waals surface area contributed by atoms with Crippen LogP contribution in [0.3, 0.4) is 0 Å². The molecule has 0 unspecified atom stereocenters. The van der Waals surface area contributed by atoms with Gasteiger partial charge in [-0.1, -0.05) is 37.3 Å². The van der Waals surface area contributed by atoms with Gasteiger partial charge >= 0.3 is 5.63 Å². The van der Waals surface area contributed by atoms with E-state index in [1.54, 1.807) is 12.1 Å². The lowest BCUT2D eigenvalue weighted by Gasteiger charge is -2.34. The Kier molecular flexibility index (Phi) is 5.78. The molecule has 0 saturated carbocycles. The van der Waals surface area contributed by atoms with Crippen molar-refractivity contribution in [2.45, 2.75) is 13.5 Å². The molecule has 0 atom stereocenters. The lowest BCUT2D eigenvalue weighted by atomic mass is 10.1. The molecule has 1 aliphatic heterocycles. The van der Waals surface area contributed by atoms with Crippen molar-refractivity contribution < 1.29 is 9.52 Å². The number of hydrogen-bond acceptors (Lipinski definition) is 7. The molecule has 2 aromatic heterocycles. The fourth-order valence-corrected chi connectivity index (χ4v) is 4.99. The molecule has 32 heavy (non-hydrogen) atoms. The maximum absolute atomic E-state index is 12.9. The SMILES string of the molecule is CCN1CCN(Cc2c(O)ccc3cc(-c4nc(-c5ccccc5)cs4)c(=O)oc23)CC1. The maximum atomic E-state index is 12.9. The highest BCUT2D eigenvalue weighted by atomic mass is 32.1. The third-order valence-corrected chi connectivity index (χ3v) is 6.95. The minimum Gasteiger partial charge on any atom is -0.507 e. The van der Waals surface area contributed by atoms with Crippen LogP contribution < -0.4 is 5.63 Å². The number of piperazine rings is 1. The zero-order valence-corrected chi connectivity index (χ0v) is 18.8. The largest absolute Gasteiger partial charge is 0.507 e. The van der Waals surface area contributed by atoms with E-state index in [1.165, 1.54) is 11.3 Å². The summed E-state index contributed by atoms with van der Waals surface area (Å²) in [6, 6.07) is 15.2. The van der Waals surface area contributed by atoms with Gasteiger partial charge in [0.05, 0.1) is 16.8 Å². The molecule has 6 nitrogen and oxygen atoms in total. The van der Waals surface area contributed by atoms with Gasteiger partial charge in [-0.05, 0) is 24.7 Å². The molecule has 5 rings (SSSR count). The topological polar surface area (TPSA) is 69.8 Å². The van der Waals surface area contributed by atoms with E-state index in [4.69, 9.17) is 4.42 Å². The number of aromatic hydroxyl groups is 1. The highest BCUT2D eigenvalue weighted by molar-refractivity contribution is 7.13. The van der Waals surface area contributed by atoms with Gasteiger partial charge in [0.15, 0.2) is 0 Å². The number of phenolic OH excluding ortho intramolecular Hbond substituents is 1. The first kappa shape index (κ1) is 20.9. The summed E-state index contributed by atoms with van der Waals surface area (Å²) in [5, 5.41) is 13.9. The average molecular weight is 448 g/mol. The number of rotatable bonds is 5. The smallest absolute Gasteiger partial charge is 0.346 e. The molecule has 1 fully saturated rings. The molecule has 4 aromatic rings. The van der Waals surface area contributed by atoms with Crippen molar-refractivity contribution in [2.75, 3.05) is 32.7 Å². The lowest BCUT2D eigenvalue weighted by Crippen LogP contribution is -2.45. The molecule has 1 saturated heterocycles. The van der Waals surface area contributed by atoms with Crippen LogP contribution in [0.2, 0.25) is 0 Å². The summed E-state index contributed by atoms with van der Waals surface area (Å²) in [6.07, 6.45) is 0. The van der Waals surface area contributed by atoms with Gasteiger partial charge in [-0.2, -0.15) is 0 Å². The van der Waals surface area contributed by atoms with E-state index < -0.39 is 5.63 Å². The Balaban J connectivity index is 1.48. The predicted octanol–water partition coefficient (Wildman–Crippen LogP) is 4.43. The summed E-state index contributed by atoms with van der Waals surface area (Å²) >= 11 is 1.42. The number of fused-ring (bicyclic) bond motifs is 1. The van der Waals surface area contributed by atoms with Crippen molar-refractivity contribution in [3.63, 3.8) is 0 Å². The molecule has 0 bridgehead atoms.